The van der Waals surface area contributed by atoms with Crippen LogP contribution in [0.15, 0.2) is 47.0 Å². The van der Waals surface area contributed by atoms with Crippen molar-refractivity contribution in [3.8, 4) is 5.69 Å². The van der Waals surface area contributed by atoms with Gasteiger partial charge in [0.05, 0.1) is 17.8 Å². The summed E-state index contributed by atoms with van der Waals surface area (Å²) in [5.74, 6) is 0. The smallest absolute Gasteiger partial charge is 0.278 e. The van der Waals surface area contributed by atoms with Crippen LogP contribution < -0.4 is 5.56 Å². The minimum atomic E-state index is -0.808. The fourth-order valence-electron chi connectivity index (χ4n) is 3.85. The average Bonchev–Trinajstić information content (AvgIpc) is 3.17. The number of nitrogens with zero attached hydrogens (tertiary/aromatic N) is 4. The highest BCUT2D eigenvalue weighted by Crippen LogP contribution is 2.40. The molecule has 1 aliphatic carbocycles. The number of allylic oxidation sites excluding steroid dienone is 1. The van der Waals surface area contributed by atoms with Gasteiger partial charge >= 0.3 is 0 Å². The second kappa shape index (κ2) is 6.65. The van der Waals surface area contributed by atoms with Crippen molar-refractivity contribution >= 4 is 22.8 Å². The zero-order chi connectivity index (χ0) is 19.2. The lowest BCUT2D eigenvalue weighted by Crippen LogP contribution is -2.23. The Morgan fingerprint density at radius 2 is 2.26 bits per heavy atom. The molecule has 2 aromatic heterocycles. The van der Waals surface area contributed by atoms with E-state index in [0.29, 0.717) is 29.2 Å². The van der Waals surface area contributed by atoms with Crippen LogP contribution in [0.3, 0.4) is 0 Å². The SMILES string of the molecule is C=CCn1c(=O)c2cnc(SC)nc2n1-c1ccc2c(c1)[C@@](O)(CC)CC2. The van der Waals surface area contributed by atoms with E-state index >= 15 is 0 Å². The zero-order valence-electron chi connectivity index (χ0n) is 15.5. The van der Waals surface area contributed by atoms with Gasteiger partial charge in [-0.15, -0.1) is 6.58 Å². The summed E-state index contributed by atoms with van der Waals surface area (Å²) >= 11 is 1.43. The monoisotopic (exact) mass is 382 g/mol. The quantitative estimate of drug-likeness (QED) is 0.417. The lowest BCUT2D eigenvalue weighted by atomic mass is 9.93. The van der Waals surface area contributed by atoms with Gasteiger partial charge in [-0.1, -0.05) is 30.8 Å². The Morgan fingerprint density at radius 1 is 1.44 bits per heavy atom. The van der Waals surface area contributed by atoms with Crippen LogP contribution in [-0.2, 0) is 18.6 Å². The first-order valence-electron chi connectivity index (χ1n) is 9.02. The molecule has 3 aromatic rings. The summed E-state index contributed by atoms with van der Waals surface area (Å²) in [6, 6.07) is 6.02. The van der Waals surface area contributed by atoms with E-state index < -0.39 is 5.60 Å². The number of rotatable bonds is 5. The number of hydrogen-bond donors (Lipinski definition) is 1. The molecule has 1 N–H and O–H groups in total. The first-order valence-corrected chi connectivity index (χ1v) is 10.2. The van der Waals surface area contributed by atoms with Crippen molar-refractivity contribution in [3.63, 3.8) is 0 Å². The minimum absolute atomic E-state index is 0.149. The number of hydrogen-bond acceptors (Lipinski definition) is 5. The van der Waals surface area contributed by atoms with Crippen molar-refractivity contribution < 1.29 is 5.11 Å². The van der Waals surface area contributed by atoms with E-state index in [1.807, 2.05) is 36.1 Å². The Labute approximate surface area is 161 Å². The van der Waals surface area contributed by atoms with Crippen LogP contribution in [0.5, 0.6) is 0 Å². The van der Waals surface area contributed by atoms with E-state index in [0.717, 1.165) is 29.7 Å². The van der Waals surface area contributed by atoms with E-state index in [-0.39, 0.29) is 5.56 Å². The highest BCUT2D eigenvalue weighted by molar-refractivity contribution is 7.98. The molecule has 0 unspecified atom stereocenters. The van der Waals surface area contributed by atoms with E-state index in [9.17, 15) is 9.90 Å². The van der Waals surface area contributed by atoms with Crippen LogP contribution in [-0.4, -0.2) is 30.7 Å². The minimum Gasteiger partial charge on any atom is -0.385 e. The van der Waals surface area contributed by atoms with Crippen LogP contribution in [0.4, 0.5) is 0 Å². The van der Waals surface area contributed by atoms with Gasteiger partial charge in [-0.3, -0.25) is 4.79 Å². The molecule has 0 saturated carbocycles. The molecular formula is C20H22N4O2S. The summed E-state index contributed by atoms with van der Waals surface area (Å²) in [5.41, 5.74) is 2.53. The zero-order valence-corrected chi connectivity index (χ0v) is 16.3. The van der Waals surface area contributed by atoms with Crippen molar-refractivity contribution in [1.29, 1.82) is 0 Å². The molecule has 4 rings (SSSR count). The maximum atomic E-state index is 12.9. The Morgan fingerprint density at radius 3 is 2.96 bits per heavy atom. The van der Waals surface area contributed by atoms with Gasteiger partial charge in [0.1, 0.15) is 5.39 Å². The molecule has 140 valence electrons. The number of thioether (sulfide) groups is 1. The number of fused-ring (bicyclic) bond motifs is 2. The molecule has 1 aromatic carbocycles. The Bertz CT molecular complexity index is 1100. The predicted octanol–water partition coefficient (Wildman–Crippen LogP) is 3.03. The van der Waals surface area contributed by atoms with Gasteiger partial charge < -0.3 is 5.11 Å². The molecule has 2 heterocycles. The lowest BCUT2D eigenvalue weighted by molar-refractivity contribution is 0.0345. The number of benzene rings is 1. The van der Waals surface area contributed by atoms with Crippen LogP contribution in [0.25, 0.3) is 16.7 Å². The molecule has 27 heavy (non-hydrogen) atoms. The molecule has 0 amide bonds. The summed E-state index contributed by atoms with van der Waals surface area (Å²) in [5, 5.41) is 12.1. The fraction of sp³-hybridized carbons (Fsp3) is 0.350. The third kappa shape index (κ3) is 2.73. The fourth-order valence-corrected chi connectivity index (χ4v) is 4.19. The van der Waals surface area contributed by atoms with Crippen molar-refractivity contribution in [1.82, 2.24) is 19.3 Å². The van der Waals surface area contributed by atoms with Crippen LogP contribution in [0.1, 0.15) is 30.9 Å². The molecule has 0 saturated heterocycles. The normalized spacial score (nSPS) is 18.8. The van der Waals surface area contributed by atoms with Crippen molar-refractivity contribution in [3.05, 3.63) is 58.5 Å². The van der Waals surface area contributed by atoms with E-state index in [4.69, 9.17) is 0 Å². The standard InChI is InChI=1S/C20H22N4O2S/c1-4-10-23-18(25)15-12-21-19(27-3)22-17(15)24(23)14-7-6-13-8-9-20(26,5-2)16(13)11-14/h4,6-7,11-12,26H,1,5,8-10H2,2-3H3/t20-/m1/s1. The van der Waals surface area contributed by atoms with E-state index in [1.165, 1.54) is 11.8 Å². The van der Waals surface area contributed by atoms with Gasteiger partial charge in [-0.25, -0.2) is 19.3 Å². The highest BCUT2D eigenvalue weighted by atomic mass is 32.2. The number of aliphatic hydroxyl groups is 1. The molecule has 0 aliphatic heterocycles. The topological polar surface area (TPSA) is 72.9 Å². The second-order valence-corrected chi connectivity index (χ2v) is 7.58. The van der Waals surface area contributed by atoms with Gasteiger partial charge in [0, 0.05) is 6.20 Å². The predicted molar refractivity (Wildman–Crippen MR) is 108 cm³/mol. The van der Waals surface area contributed by atoms with Crippen molar-refractivity contribution in [2.75, 3.05) is 6.26 Å². The highest BCUT2D eigenvalue weighted by Gasteiger charge is 2.35. The third-order valence-electron chi connectivity index (χ3n) is 5.37. The molecule has 6 nitrogen and oxygen atoms in total. The average molecular weight is 382 g/mol. The van der Waals surface area contributed by atoms with Crippen LogP contribution >= 0.6 is 11.8 Å². The summed E-state index contributed by atoms with van der Waals surface area (Å²) < 4.78 is 3.42. The van der Waals surface area contributed by atoms with E-state index in [1.54, 1.807) is 17.0 Å². The molecule has 0 fully saturated rings. The molecule has 7 heteroatoms. The summed E-state index contributed by atoms with van der Waals surface area (Å²) in [4.78, 5) is 21.7. The van der Waals surface area contributed by atoms with Crippen molar-refractivity contribution in [2.24, 2.45) is 0 Å². The largest absolute Gasteiger partial charge is 0.385 e. The second-order valence-electron chi connectivity index (χ2n) is 6.81. The summed E-state index contributed by atoms with van der Waals surface area (Å²) in [6.45, 7) is 6.14. The first-order chi connectivity index (χ1) is 13.0. The maximum absolute atomic E-state index is 12.9. The first kappa shape index (κ1) is 18.0. The molecule has 1 aliphatic rings. The summed E-state index contributed by atoms with van der Waals surface area (Å²) in [6.07, 6.45) is 7.44. The number of aryl methyl sites for hydroxylation is 1. The van der Waals surface area contributed by atoms with Gasteiger partial charge in [-0.05, 0) is 48.8 Å². The van der Waals surface area contributed by atoms with Gasteiger partial charge in [0.25, 0.3) is 5.56 Å². The molecule has 0 spiro atoms. The molecular weight excluding hydrogens is 360 g/mol. The molecule has 1 atom stereocenters. The van der Waals surface area contributed by atoms with Crippen LogP contribution in [0.2, 0.25) is 0 Å². The van der Waals surface area contributed by atoms with Crippen LogP contribution in [0, 0.1) is 0 Å². The van der Waals surface area contributed by atoms with E-state index in [2.05, 4.69) is 16.5 Å². The molecule has 0 bridgehead atoms. The summed E-state index contributed by atoms with van der Waals surface area (Å²) in [7, 11) is 0. The van der Waals surface area contributed by atoms with Gasteiger partial charge in [-0.2, -0.15) is 0 Å². The van der Waals surface area contributed by atoms with Crippen molar-refractivity contribution in [2.45, 2.75) is 43.5 Å². The molecule has 0 radical (unpaired) electrons. The number of aromatic nitrogens is 4. The lowest BCUT2D eigenvalue weighted by Gasteiger charge is -2.23. The third-order valence-corrected chi connectivity index (χ3v) is 5.93. The van der Waals surface area contributed by atoms with Gasteiger partial charge in [0.15, 0.2) is 10.8 Å². The van der Waals surface area contributed by atoms with Gasteiger partial charge in [0.2, 0.25) is 0 Å². The Hall–Kier alpha value is -2.38. The Kier molecular flexibility index (Phi) is 4.44. The Balaban J connectivity index is 2.01. The maximum Gasteiger partial charge on any atom is 0.278 e.